The Hall–Kier alpha value is -3.14. The number of hydrogen-bond acceptors (Lipinski definition) is 3. The van der Waals surface area contributed by atoms with E-state index in [0.29, 0.717) is 11.7 Å². The molecule has 0 aliphatic carbocycles. The normalized spacial score (nSPS) is 15.6. The minimum atomic E-state index is -0.197. The maximum Gasteiger partial charge on any atom is 0.274 e. The molecule has 0 bridgehead atoms. The van der Waals surface area contributed by atoms with Gasteiger partial charge in [0.25, 0.3) is 5.91 Å². The third-order valence-electron chi connectivity index (χ3n) is 4.74. The monoisotopic (exact) mass is 343 g/mol. The Kier molecular flexibility index (Phi) is 4.17. The van der Waals surface area contributed by atoms with Crippen molar-refractivity contribution in [1.29, 1.82) is 0 Å². The number of anilines is 3. The zero-order chi connectivity index (χ0) is 18.1. The highest BCUT2D eigenvalue weighted by Gasteiger charge is 2.27. The number of carbonyl (C=O) groups excluding carboxylic acids is 1. The highest BCUT2D eigenvalue weighted by Crippen LogP contribution is 2.37. The molecule has 4 heteroatoms. The highest BCUT2D eigenvalue weighted by atomic mass is 16.1. The number of amides is 1. The maximum atomic E-state index is 12.4. The molecule has 0 saturated heterocycles. The van der Waals surface area contributed by atoms with Crippen molar-refractivity contribution in [3.8, 4) is 0 Å². The van der Waals surface area contributed by atoms with Crippen molar-refractivity contribution in [2.45, 2.75) is 26.3 Å². The van der Waals surface area contributed by atoms with Gasteiger partial charge in [-0.05, 0) is 61.7 Å². The van der Waals surface area contributed by atoms with Crippen LogP contribution in [0.15, 0.2) is 66.9 Å². The van der Waals surface area contributed by atoms with E-state index in [2.05, 4.69) is 46.4 Å². The van der Waals surface area contributed by atoms with Gasteiger partial charge in [0.05, 0.1) is 11.9 Å². The van der Waals surface area contributed by atoms with Gasteiger partial charge in [-0.1, -0.05) is 30.3 Å². The van der Waals surface area contributed by atoms with Gasteiger partial charge in [0.1, 0.15) is 5.69 Å². The number of nitrogens with zero attached hydrogens (tertiary/aromatic N) is 2. The standard InChI is InChI=1S/C22H21N3O/c1-15-6-5-8-18(12-15)24-22(26)20-11-10-19(14-23-20)25-16(2)13-17-7-3-4-9-21(17)25/h3-12,14,16H,13H2,1-2H3,(H,24,26). The second-order valence-corrected chi connectivity index (χ2v) is 6.78. The predicted molar refractivity (Wildman–Crippen MR) is 105 cm³/mol. The molecule has 4 nitrogen and oxygen atoms in total. The molecular formula is C22H21N3O. The molecule has 2 heterocycles. The lowest BCUT2D eigenvalue weighted by Crippen LogP contribution is -2.24. The average Bonchev–Trinajstić information content (AvgIpc) is 2.97. The zero-order valence-electron chi connectivity index (χ0n) is 14.9. The Morgan fingerprint density at radius 1 is 1.12 bits per heavy atom. The first-order valence-electron chi connectivity index (χ1n) is 8.83. The minimum Gasteiger partial charge on any atom is -0.337 e. The van der Waals surface area contributed by atoms with Crippen LogP contribution in [0, 0.1) is 6.92 Å². The van der Waals surface area contributed by atoms with E-state index in [1.54, 1.807) is 12.3 Å². The Morgan fingerprint density at radius 3 is 2.73 bits per heavy atom. The predicted octanol–water partition coefficient (Wildman–Crippen LogP) is 4.73. The molecule has 1 N–H and O–H groups in total. The quantitative estimate of drug-likeness (QED) is 0.748. The molecule has 26 heavy (non-hydrogen) atoms. The van der Waals surface area contributed by atoms with Gasteiger partial charge in [0.15, 0.2) is 0 Å². The first kappa shape index (κ1) is 16.3. The lowest BCUT2D eigenvalue weighted by molar-refractivity contribution is 0.102. The molecule has 1 aliphatic heterocycles. The summed E-state index contributed by atoms with van der Waals surface area (Å²) in [7, 11) is 0. The number of benzene rings is 2. The van der Waals surface area contributed by atoms with Crippen LogP contribution < -0.4 is 10.2 Å². The van der Waals surface area contributed by atoms with E-state index in [-0.39, 0.29) is 5.91 Å². The molecule has 0 saturated carbocycles. The lowest BCUT2D eigenvalue weighted by Gasteiger charge is -2.24. The number of aromatic nitrogens is 1. The summed E-state index contributed by atoms with van der Waals surface area (Å²) in [6, 6.07) is 20.3. The number of pyridine rings is 1. The van der Waals surface area contributed by atoms with Crippen molar-refractivity contribution in [3.05, 3.63) is 83.7 Å². The second kappa shape index (κ2) is 6.64. The smallest absolute Gasteiger partial charge is 0.274 e. The fraction of sp³-hybridized carbons (Fsp3) is 0.182. The summed E-state index contributed by atoms with van der Waals surface area (Å²) in [5.41, 5.74) is 5.88. The number of hydrogen-bond donors (Lipinski definition) is 1. The molecule has 1 amide bonds. The molecule has 0 spiro atoms. The molecule has 1 aliphatic rings. The molecule has 1 unspecified atom stereocenters. The Labute approximate surface area is 153 Å². The van der Waals surface area contributed by atoms with Crippen LogP contribution in [0.2, 0.25) is 0 Å². The van der Waals surface area contributed by atoms with E-state index in [4.69, 9.17) is 0 Å². The number of fused-ring (bicyclic) bond motifs is 1. The molecule has 2 aromatic carbocycles. The molecule has 0 radical (unpaired) electrons. The summed E-state index contributed by atoms with van der Waals surface area (Å²) >= 11 is 0. The van der Waals surface area contributed by atoms with E-state index >= 15 is 0 Å². The molecule has 1 atom stereocenters. The van der Waals surface area contributed by atoms with Crippen LogP contribution in [0.4, 0.5) is 17.1 Å². The van der Waals surface area contributed by atoms with Gasteiger partial charge in [0, 0.05) is 17.4 Å². The summed E-state index contributed by atoms with van der Waals surface area (Å²) in [6.45, 7) is 4.20. The van der Waals surface area contributed by atoms with Gasteiger partial charge in [-0.15, -0.1) is 0 Å². The largest absolute Gasteiger partial charge is 0.337 e. The van der Waals surface area contributed by atoms with Crippen LogP contribution in [-0.2, 0) is 6.42 Å². The van der Waals surface area contributed by atoms with E-state index in [9.17, 15) is 4.79 Å². The molecule has 0 fully saturated rings. The molecule has 4 rings (SSSR count). The summed E-state index contributed by atoms with van der Waals surface area (Å²) < 4.78 is 0. The number of para-hydroxylation sites is 1. The number of aryl methyl sites for hydroxylation is 1. The fourth-order valence-electron chi connectivity index (χ4n) is 3.54. The van der Waals surface area contributed by atoms with Crippen molar-refractivity contribution in [2.24, 2.45) is 0 Å². The SMILES string of the molecule is Cc1cccc(NC(=O)c2ccc(N3c4ccccc4CC3C)cn2)c1. The number of nitrogens with one attached hydrogen (secondary N) is 1. The van der Waals surface area contributed by atoms with Crippen LogP contribution in [0.5, 0.6) is 0 Å². The number of carbonyl (C=O) groups is 1. The first-order valence-corrected chi connectivity index (χ1v) is 8.83. The summed E-state index contributed by atoms with van der Waals surface area (Å²) in [5, 5.41) is 2.90. The Balaban J connectivity index is 1.55. The number of rotatable bonds is 3. The van der Waals surface area contributed by atoms with Crippen molar-refractivity contribution in [3.63, 3.8) is 0 Å². The third kappa shape index (κ3) is 3.06. The zero-order valence-corrected chi connectivity index (χ0v) is 14.9. The van der Waals surface area contributed by atoms with Gasteiger partial charge in [-0.2, -0.15) is 0 Å². The lowest BCUT2D eigenvalue weighted by atomic mass is 10.1. The molecular weight excluding hydrogens is 322 g/mol. The van der Waals surface area contributed by atoms with E-state index in [1.807, 2.05) is 37.3 Å². The van der Waals surface area contributed by atoms with Crippen LogP contribution in [-0.4, -0.2) is 16.9 Å². The third-order valence-corrected chi connectivity index (χ3v) is 4.74. The minimum absolute atomic E-state index is 0.197. The van der Waals surface area contributed by atoms with Crippen LogP contribution >= 0.6 is 0 Å². The highest BCUT2D eigenvalue weighted by molar-refractivity contribution is 6.03. The van der Waals surface area contributed by atoms with E-state index in [1.165, 1.54) is 11.3 Å². The van der Waals surface area contributed by atoms with Crippen LogP contribution in [0.1, 0.15) is 28.5 Å². The van der Waals surface area contributed by atoms with Gasteiger partial charge in [-0.3, -0.25) is 4.79 Å². The Bertz CT molecular complexity index is 950. The second-order valence-electron chi connectivity index (χ2n) is 6.78. The van der Waals surface area contributed by atoms with Gasteiger partial charge >= 0.3 is 0 Å². The maximum absolute atomic E-state index is 12.4. The van der Waals surface area contributed by atoms with E-state index in [0.717, 1.165) is 23.4 Å². The van der Waals surface area contributed by atoms with Crippen molar-refractivity contribution >= 4 is 23.0 Å². The average molecular weight is 343 g/mol. The fourth-order valence-corrected chi connectivity index (χ4v) is 3.54. The van der Waals surface area contributed by atoms with Gasteiger partial charge in [0.2, 0.25) is 0 Å². The van der Waals surface area contributed by atoms with Crippen molar-refractivity contribution in [1.82, 2.24) is 4.98 Å². The van der Waals surface area contributed by atoms with Crippen LogP contribution in [0.3, 0.4) is 0 Å². The van der Waals surface area contributed by atoms with Gasteiger partial charge in [-0.25, -0.2) is 4.98 Å². The van der Waals surface area contributed by atoms with Crippen molar-refractivity contribution < 1.29 is 4.79 Å². The first-order chi connectivity index (χ1) is 12.6. The summed E-state index contributed by atoms with van der Waals surface area (Å²) in [6.07, 6.45) is 2.80. The molecule has 130 valence electrons. The van der Waals surface area contributed by atoms with Crippen LogP contribution in [0.25, 0.3) is 0 Å². The molecule has 1 aromatic heterocycles. The van der Waals surface area contributed by atoms with Gasteiger partial charge < -0.3 is 10.2 Å². The topological polar surface area (TPSA) is 45.2 Å². The Morgan fingerprint density at radius 2 is 1.96 bits per heavy atom. The molecule has 3 aromatic rings. The van der Waals surface area contributed by atoms with Crippen molar-refractivity contribution in [2.75, 3.05) is 10.2 Å². The summed E-state index contributed by atoms with van der Waals surface area (Å²) in [5.74, 6) is -0.197. The summed E-state index contributed by atoms with van der Waals surface area (Å²) in [4.78, 5) is 19.1. The van der Waals surface area contributed by atoms with E-state index < -0.39 is 0 Å².